The third kappa shape index (κ3) is 2.55. The Morgan fingerprint density at radius 1 is 1.50 bits per heavy atom. The van der Waals surface area contributed by atoms with E-state index in [1.807, 2.05) is 6.92 Å². The van der Waals surface area contributed by atoms with E-state index in [4.69, 9.17) is 4.74 Å². The highest BCUT2D eigenvalue weighted by Gasteiger charge is 2.34. The van der Waals surface area contributed by atoms with Crippen LogP contribution in [0, 0.1) is 5.92 Å². The molecule has 1 N–H and O–H groups in total. The molecule has 20 heavy (non-hydrogen) atoms. The monoisotopic (exact) mass is 294 g/mol. The zero-order chi connectivity index (χ0) is 14.1. The van der Waals surface area contributed by atoms with Crippen molar-refractivity contribution >= 4 is 22.4 Å². The summed E-state index contributed by atoms with van der Waals surface area (Å²) >= 11 is 1.71. The first kappa shape index (κ1) is 13.9. The Morgan fingerprint density at radius 2 is 2.30 bits per heavy atom. The Hall–Kier alpha value is -1.10. The predicted molar refractivity (Wildman–Crippen MR) is 80.2 cm³/mol. The zero-order valence-electron chi connectivity index (χ0n) is 12.1. The summed E-state index contributed by atoms with van der Waals surface area (Å²) in [4.78, 5) is 17.8. The fourth-order valence-corrected chi connectivity index (χ4v) is 4.15. The van der Waals surface area contributed by atoms with Crippen LogP contribution in [0.5, 0.6) is 0 Å². The van der Waals surface area contributed by atoms with Gasteiger partial charge in [-0.05, 0) is 45.4 Å². The van der Waals surface area contributed by atoms with E-state index in [2.05, 4.69) is 17.2 Å². The van der Waals surface area contributed by atoms with E-state index < -0.39 is 0 Å². The number of anilines is 1. The van der Waals surface area contributed by atoms with Gasteiger partial charge in [0.1, 0.15) is 5.92 Å². The number of aromatic nitrogens is 1. The topological polar surface area (TPSA) is 51.2 Å². The molecule has 2 atom stereocenters. The molecule has 110 valence electrons. The molecule has 0 radical (unpaired) electrons. The van der Waals surface area contributed by atoms with Crippen molar-refractivity contribution in [3.63, 3.8) is 0 Å². The van der Waals surface area contributed by atoms with E-state index in [-0.39, 0.29) is 11.9 Å². The number of ether oxygens (including phenoxy) is 1. The van der Waals surface area contributed by atoms with Crippen LogP contribution >= 0.6 is 11.3 Å². The summed E-state index contributed by atoms with van der Waals surface area (Å²) in [6.45, 7) is 4.53. The maximum absolute atomic E-state index is 11.9. The van der Waals surface area contributed by atoms with E-state index >= 15 is 0 Å². The third-order valence-corrected chi connectivity index (χ3v) is 5.56. The van der Waals surface area contributed by atoms with E-state index in [1.165, 1.54) is 24.1 Å². The molecule has 5 heteroatoms. The van der Waals surface area contributed by atoms with Crippen LogP contribution in [0.2, 0.25) is 0 Å². The number of rotatable bonds is 5. The number of nitrogens with one attached hydrogen (secondary N) is 1. The van der Waals surface area contributed by atoms with Crippen molar-refractivity contribution in [2.75, 3.05) is 11.9 Å². The molecule has 1 heterocycles. The summed E-state index contributed by atoms with van der Waals surface area (Å²) in [6.07, 6.45) is 5.81. The Kier molecular flexibility index (Phi) is 3.96. The minimum atomic E-state index is -0.143. The van der Waals surface area contributed by atoms with E-state index in [1.54, 1.807) is 11.3 Å². The number of thiazole rings is 1. The minimum Gasteiger partial charge on any atom is -0.465 e. The molecule has 1 saturated carbocycles. The molecule has 0 saturated heterocycles. The molecule has 0 aliphatic heterocycles. The fourth-order valence-electron chi connectivity index (χ4n) is 3.01. The summed E-state index contributed by atoms with van der Waals surface area (Å²) in [5.74, 6) is 0.528. The van der Waals surface area contributed by atoms with Gasteiger partial charge < -0.3 is 10.1 Å². The van der Waals surface area contributed by atoms with E-state index in [9.17, 15) is 4.79 Å². The maximum Gasteiger partial charge on any atom is 0.315 e. The third-order valence-electron chi connectivity index (χ3n) is 4.50. The Balaban J connectivity index is 1.68. The molecule has 4 nitrogen and oxygen atoms in total. The van der Waals surface area contributed by atoms with Crippen molar-refractivity contribution in [1.82, 2.24) is 4.98 Å². The van der Waals surface area contributed by atoms with Crippen molar-refractivity contribution in [3.05, 3.63) is 10.6 Å². The summed E-state index contributed by atoms with van der Waals surface area (Å²) in [5.41, 5.74) is 0.955. The predicted octanol–water partition coefficient (Wildman–Crippen LogP) is 3.34. The van der Waals surface area contributed by atoms with Gasteiger partial charge in [0.15, 0.2) is 5.13 Å². The van der Waals surface area contributed by atoms with Crippen molar-refractivity contribution in [1.29, 1.82) is 0 Å². The highest BCUT2D eigenvalue weighted by molar-refractivity contribution is 7.15. The second kappa shape index (κ2) is 5.72. The lowest BCUT2D eigenvalue weighted by Crippen LogP contribution is -2.30. The lowest BCUT2D eigenvalue weighted by atomic mass is 9.80. The van der Waals surface area contributed by atoms with Gasteiger partial charge >= 0.3 is 5.97 Å². The molecule has 1 fully saturated rings. The minimum absolute atomic E-state index is 0.116. The van der Waals surface area contributed by atoms with Gasteiger partial charge in [0.25, 0.3) is 0 Å². The summed E-state index contributed by atoms with van der Waals surface area (Å²) in [5, 5.41) is 4.50. The van der Waals surface area contributed by atoms with Crippen molar-refractivity contribution in [2.45, 2.75) is 57.9 Å². The number of hydrogen-bond donors (Lipinski definition) is 1. The maximum atomic E-state index is 11.9. The highest BCUT2D eigenvalue weighted by Crippen LogP contribution is 2.40. The van der Waals surface area contributed by atoms with Gasteiger partial charge in [0.2, 0.25) is 0 Å². The Morgan fingerprint density at radius 3 is 2.95 bits per heavy atom. The zero-order valence-corrected chi connectivity index (χ0v) is 13.0. The number of aryl methyl sites for hydroxylation is 1. The van der Waals surface area contributed by atoms with Crippen LogP contribution in [-0.2, 0) is 16.0 Å². The van der Waals surface area contributed by atoms with Gasteiger partial charge in [-0.1, -0.05) is 6.42 Å². The molecule has 2 aliphatic carbocycles. The van der Waals surface area contributed by atoms with Crippen LogP contribution in [0.3, 0.4) is 0 Å². The molecule has 0 spiro atoms. The largest absolute Gasteiger partial charge is 0.465 e. The number of fused-ring (bicyclic) bond motifs is 1. The highest BCUT2D eigenvalue weighted by atomic mass is 32.1. The van der Waals surface area contributed by atoms with Crippen molar-refractivity contribution in [2.24, 2.45) is 5.92 Å². The van der Waals surface area contributed by atoms with Crippen molar-refractivity contribution < 1.29 is 9.53 Å². The number of carbonyl (C=O) groups excluding carboxylic acids is 1. The number of hydrogen-bond acceptors (Lipinski definition) is 5. The number of carbonyl (C=O) groups is 1. The first-order chi connectivity index (χ1) is 9.69. The second-order valence-electron chi connectivity index (χ2n) is 5.79. The molecule has 0 aromatic carbocycles. The van der Waals surface area contributed by atoms with Gasteiger partial charge in [-0.2, -0.15) is 0 Å². The lowest BCUT2D eigenvalue weighted by molar-refractivity contribution is -0.145. The Bertz CT molecular complexity index is 496. The molecule has 1 aromatic heterocycles. The van der Waals surface area contributed by atoms with Gasteiger partial charge in [-0.15, -0.1) is 11.3 Å². The molecule has 1 aromatic rings. The second-order valence-corrected chi connectivity index (χ2v) is 6.88. The van der Waals surface area contributed by atoms with Crippen LogP contribution in [0.15, 0.2) is 0 Å². The molecule has 3 rings (SSSR count). The average molecular weight is 294 g/mol. The summed E-state index contributed by atoms with van der Waals surface area (Å²) in [7, 11) is 0. The van der Waals surface area contributed by atoms with Gasteiger partial charge in [-0.3, -0.25) is 4.79 Å². The molecule has 0 bridgehead atoms. The van der Waals surface area contributed by atoms with E-state index in [0.717, 1.165) is 29.6 Å². The van der Waals surface area contributed by atoms with Crippen LogP contribution in [-0.4, -0.2) is 23.6 Å². The summed E-state index contributed by atoms with van der Waals surface area (Å²) in [6, 6.07) is 0.482. The number of esters is 1. The Labute approximate surface area is 123 Å². The van der Waals surface area contributed by atoms with Crippen molar-refractivity contribution in [3.8, 4) is 0 Å². The van der Waals surface area contributed by atoms with E-state index in [0.29, 0.717) is 12.6 Å². The van der Waals surface area contributed by atoms with Crippen LogP contribution in [0.25, 0.3) is 0 Å². The van der Waals surface area contributed by atoms with Crippen LogP contribution in [0.1, 0.15) is 56.0 Å². The molecular formula is C15H22N2O2S. The molecule has 0 amide bonds. The smallest absolute Gasteiger partial charge is 0.315 e. The van der Waals surface area contributed by atoms with Gasteiger partial charge in [0, 0.05) is 10.9 Å². The molecule has 2 unspecified atom stereocenters. The van der Waals surface area contributed by atoms with Gasteiger partial charge in [0.05, 0.1) is 12.3 Å². The fraction of sp³-hybridized carbons (Fsp3) is 0.733. The SMILES string of the molecule is CCOC(=O)C1CCc2sc(NC(C)C3CCC3)nc21. The molecule has 2 aliphatic rings. The quantitative estimate of drug-likeness (QED) is 0.846. The first-order valence-corrected chi connectivity index (χ1v) is 8.43. The lowest BCUT2D eigenvalue weighted by Gasteiger charge is -2.31. The standard InChI is InChI=1S/C15H22N2O2S/c1-3-19-14(18)11-7-8-12-13(11)17-15(20-12)16-9(2)10-5-4-6-10/h9-11H,3-8H2,1-2H3,(H,16,17). The van der Waals surface area contributed by atoms with Gasteiger partial charge in [-0.25, -0.2) is 4.98 Å². The number of nitrogens with zero attached hydrogens (tertiary/aromatic N) is 1. The first-order valence-electron chi connectivity index (χ1n) is 7.61. The average Bonchev–Trinajstić information content (AvgIpc) is 2.85. The summed E-state index contributed by atoms with van der Waals surface area (Å²) < 4.78 is 5.14. The van der Waals surface area contributed by atoms with Crippen LogP contribution < -0.4 is 5.32 Å². The normalized spacial score (nSPS) is 23.0. The van der Waals surface area contributed by atoms with Crippen LogP contribution in [0.4, 0.5) is 5.13 Å². The molecular weight excluding hydrogens is 272 g/mol.